The number of aliphatic hydroxyl groups is 6. The summed E-state index contributed by atoms with van der Waals surface area (Å²) in [4.78, 5) is 13.0. The van der Waals surface area contributed by atoms with Crippen molar-refractivity contribution in [3.05, 3.63) is 36.0 Å². The molecule has 1 aliphatic rings. The highest BCUT2D eigenvalue weighted by Gasteiger charge is 2.44. The first kappa shape index (κ1) is 49.4. The molecular weight excluding hydrogens is 674 g/mol. The van der Waals surface area contributed by atoms with Gasteiger partial charge in [0.25, 0.3) is 5.91 Å². The zero-order valence-electron chi connectivity index (χ0n) is 33.6. The van der Waals surface area contributed by atoms with Crippen LogP contribution in [0.25, 0.3) is 0 Å². The molecular formula is C43H79NO9. The molecule has 1 fully saturated rings. The molecule has 7 N–H and O–H groups in total. The van der Waals surface area contributed by atoms with Gasteiger partial charge in [-0.25, -0.2) is 0 Å². The molecule has 310 valence electrons. The number of hydrogen-bond acceptors (Lipinski definition) is 9. The number of hydrogen-bond donors (Lipinski definition) is 7. The van der Waals surface area contributed by atoms with Crippen molar-refractivity contribution in [1.29, 1.82) is 0 Å². The summed E-state index contributed by atoms with van der Waals surface area (Å²) in [7, 11) is 0. The van der Waals surface area contributed by atoms with Crippen LogP contribution in [0.5, 0.6) is 0 Å². The quantitative estimate of drug-likeness (QED) is 0.0274. The van der Waals surface area contributed by atoms with Crippen molar-refractivity contribution >= 4 is 5.91 Å². The number of carbonyl (C=O) groups is 1. The van der Waals surface area contributed by atoms with E-state index in [1.807, 2.05) is 6.08 Å². The summed E-state index contributed by atoms with van der Waals surface area (Å²) in [6.45, 7) is 5.67. The summed E-state index contributed by atoms with van der Waals surface area (Å²) in [5, 5.41) is 64.4. The van der Waals surface area contributed by atoms with Crippen molar-refractivity contribution < 1.29 is 44.9 Å². The van der Waals surface area contributed by atoms with Crippen LogP contribution in [0.3, 0.4) is 0 Å². The van der Waals surface area contributed by atoms with E-state index in [0.29, 0.717) is 6.42 Å². The number of allylic oxidation sites excluding steroid dienone is 4. The molecule has 1 aliphatic heterocycles. The number of amides is 1. The van der Waals surface area contributed by atoms with Crippen LogP contribution in [0, 0.1) is 0 Å². The zero-order chi connectivity index (χ0) is 39.1. The Balaban J connectivity index is 2.59. The van der Waals surface area contributed by atoms with Gasteiger partial charge >= 0.3 is 0 Å². The van der Waals surface area contributed by atoms with E-state index >= 15 is 0 Å². The fourth-order valence-corrected chi connectivity index (χ4v) is 6.57. The summed E-state index contributed by atoms with van der Waals surface area (Å²) in [6.07, 6.45) is 26.3. The molecule has 0 aromatic heterocycles. The van der Waals surface area contributed by atoms with Crippen molar-refractivity contribution in [2.75, 3.05) is 13.2 Å². The molecule has 1 rings (SSSR count). The Bertz CT molecular complexity index is 971. The molecule has 0 aliphatic carbocycles. The average molecular weight is 754 g/mol. The lowest BCUT2D eigenvalue weighted by molar-refractivity contribution is -0.302. The maximum atomic E-state index is 13.0. The lowest BCUT2D eigenvalue weighted by Crippen LogP contribution is -2.60. The first-order chi connectivity index (χ1) is 25.7. The van der Waals surface area contributed by atoms with Gasteiger partial charge in [-0.15, -0.1) is 0 Å². The van der Waals surface area contributed by atoms with E-state index in [1.54, 1.807) is 12.2 Å². The van der Waals surface area contributed by atoms with Crippen molar-refractivity contribution in [2.24, 2.45) is 0 Å². The van der Waals surface area contributed by atoms with E-state index in [-0.39, 0.29) is 6.61 Å². The SMILES string of the molecule is CCCCCCCCCCCCCC/C=C/C(O)C(=O)NC(CO[C@@H]1OC(CO)[C@H](O)[C@H](O)C1O)C(O)/C=C/CC/C=C(\C)CCCCCCCCC. The fourth-order valence-electron chi connectivity index (χ4n) is 6.57. The van der Waals surface area contributed by atoms with Gasteiger partial charge in [-0.2, -0.15) is 0 Å². The van der Waals surface area contributed by atoms with Crippen molar-refractivity contribution in [3.63, 3.8) is 0 Å². The molecule has 8 atom stereocenters. The predicted octanol–water partition coefficient (Wildman–Crippen LogP) is 7.08. The van der Waals surface area contributed by atoms with Crippen molar-refractivity contribution in [3.8, 4) is 0 Å². The molecule has 1 saturated heterocycles. The van der Waals surface area contributed by atoms with E-state index in [0.717, 1.165) is 32.1 Å². The molecule has 5 unspecified atom stereocenters. The van der Waals surface area contributed by atoms with Crippen LogP contribution in [0.2, 0.25) is 0 Å². The Morgan fingerprint density at radius 2 is 1.23 bits per heavy atom. The molecule has 0 bridgehead atoms. The molecule has 10 heteroatoms. The average Bonchev–Trinajstić information content (AvgIpc) is 3.15. The van der Waals surface area contributed by atoms with Crippen molar-refractivity contribution in [1.82, 2.24) is 5.32 Å². The summed E-state index contributed by atoms with van der Waals surface area (Å²) < 4.78 is 11.1. The highest BCUT2D eigenvalue weighted by atomic mass is 16.7. The first-order valence-corrected chi connectivity index (χ1v) is 21.2. The first-order valence-electron chi connectivity index (χ1n) is 21.2. The molecule has 1 amide bonds. The maximum Gasteiger partial charge on any atom is 0.253 e. The van der Waals surface area contributed by atoms with Crippen LogP contribution in [0.15, 0.2) is 36.0 Å². The van der Waals surface area contributed by atoms with E-state index in [2.05, 4.69) is 32.2 Å². The molecule has 1 heterocycles. The lowest BCUT2D eigenvalue weighted by atomic mass is 9.99. The highest BCUT2D eigenvalue weighted by molar-refractivity contribution is 5.82. The third-order valence-corrected chi connectivity index (χ3v) is 10.2. The van der Waals surface area contributed by atoms with Gasteiger partial charge in [0.1, 0.15) is 24.4 Å². The second-order valence-corrected chi connectivity index (χ2v) is 15.1. The predicted molar refractivity (Wildman–Crippen MR) is 213 cm³/mol. The maximum absolute atomic E-state index is 13.0. The minimum atomic E-state index is -1.62. The molecule has 0 aromatic carbocycles. The van der Waals surface area contributed by atoms with Crippen molar-refractivity contribution in [2.45, 2.75) is 217 Å². The minimum absolute atomic E-state index is 0.341. The second kappa shape index (κ2) is 32.6. The van der Waals surface area contributed by atoms with Crippen LogP contribution in [0.4, 0.5) is 0 Å². The van der Waals surface area contributed by atoms with Gasteiger partial charge in [0, 0.05) is 0 Å². The monoisotopic (exact) mass is 754 g/mol. The molecule has 10 nitrogen and oxygen atoms in total. The standard InChI is InChI=1S/C43H79NO9/c1-4-6-8-10-12-13-14-15-16-17-18-20-22-26-31-37(47)42(51)44-35(33-52-43-41(50)40(49)39(48)38(32-45)53-43)36(46)30-27-23-25-29-34(3)28-24-21-19-11-9-7-5-2/h26-27,29-31,35-41,43,45-50H,4-25,28,32-33H2,1-3H3,(H,44,51)/b30-27+,31-26+,34-29+/t35?,36?,37?,38?,39-,40-,41?,43+/m0/s1. The van der Waals surface area contributed by atoms with Crippen LogP contribution >= 0.6 is 0 Å². The molecule has 0 spiro atoms. The Labute approximate surface area is 322 Å². The Hall–Kier alpha value is -1.63. The summed E-state index contributed by atoms with van der Waals surface area (Å²) in [5.41, 5.74) is 1.35. The van der Waals surface area contributed by atoms with Gasteiger partial charge < -0.3 is 45.4 Å². The number of aliphatic hydroxyl groups excluding tert-OH is 6. The second-order valence-electron chi connectivity index (χ2n) is 15.1. The van der Waals surface area contributed by atoms with Gasteiger partial charge in [0.15, 0.2) is 12.4 Å². The van der Waals surface area contributed by atoms with Gasteiger partial charge in [0.05, 0.1) is 25.4 Å². The number of rotatable bonds is 33. The normalized spacial score (nSPS) is 22.8. The highest BCUT2D eigenvalue weighted by Crippen LogP contribution is 2.22. The minimum Gasteiger partial charge on any atom is -0.394 e. The molecule has 53 heavy (non-hydrogen) atoms. The Morgan fingerprint density at radius 3 is 1.79 bits per heavy atom. The van der Waals surface area contributed by atoms with Gasteiger partial charge in [-0.1, -0.05) is 159 Å². The fraction of sp³-hybridized carbons (Fsp3) is 0.837. The number of carbonyl (C=O) groups excluding carboxylic acids is 1. The summed E-state index contributed by atoms with van der Waals surface area (Å²) >= 11 is 0. The van der Waals surface area contributed by atoms with E-state index < -0.39 is 61.5 Å². The van der Waals surface area contributed by atoms with Crippen LogP contribution < -0.4 is 5.32 Å². The van der Waals surface area contributed by atoms with Gasteiger partial charge in [-0.3, -0.25) is 4.79 Å². The molecule has 0 radical (unpaired) electrons. The van der Waals surface area contributed by atoms with Gasteiger partial charge in [0.2, 0.25) is 0 Å². The third-order valence-electron chi connectivity index (χ3n) is 10.2. The summed E-state index contributed by atoms with van der Waals surface area (Å²) in [6, 6.07) is -1.03. The lowest BCUT2D eigenvalue weighted by Gasteiger charge is -2.40. The topological polar surface area (TPSA) is 169 Å². The van der Waals surface area contributed by atoms with E-state index in [4.69, 9.17) is 9.47 Å². The van der Waals surface area contributed by atoms with Gasteiger partial charge in [-0.05, 0) is 45.4 Å². The Kier molecular flexibility index (Phi) is 30.4. The largest absolute Gasteiger partial charge is 0.394 e. The van der Waals surface area contributed by atoms with Crippen LogP contribution in [-0.4, -0.2) is 98.7 Å². The third kappa shape index (κ3) is 23.8. The Morgan fingerprint density at radius 1 is 0.698 bits per heavy atom. The molecule has 0 aromatic rings. The smallest absolute Gasteiger partial charge is 0.253 e. The van der Waals surface area contributed by atoms with Crippen LogP contribution in [-0.2, 0) is 14.3 Å². The number of unbranched alkanes of at least 4 members (excludes halogenated alkanes) is 19. The number of nitrogens with one attached hydrogen (secondary N) is 1. The zero-order valence-corrected chi connectivity index (χ0v) is 33.6. The summed E-state index contributed by atoms with van der Waals surface area (Å²) in [5.74, 6) is -0.713. The van der Waals surface area contributed by atoms with Crippen LogP contribution in [0.1, 0.15) is 168 Å². The van der Waals surface area contributed by atoms with E-state index in [9.17, 15) is 35.4 Å². The van der Waals surface area contributed by atoms with E-state index in [1.165, 1.54) is 121 Å². The molecule has 0 saturated carbocycles. The number of ether oxygens (including phenoxy) is 2.